The molecule has 0 aliphatic rings. The molecular weight excluding hydrogens is 490 g/mol. The van der Waals surface area contributed by atoms with E-state index >= 15 is 0 Å². The monoisotopic (exact) mass is 511 g/mol. The molecule has 0 aromatic heterocycles. The van der Waals surface area contributed by atoms with Gasteiger partial charge >= 0.3 is 12.0 Å². The highest BCUT2D eigenvalue weighted by Crippen LogP contribution is 2.32. The molecule has 0 aliphatic carbocycles. The molecule has 0 aliphatic heterocycles. The number of nitriles is 1. The number of nitrogens with one attached hydrogen (secondary N) is 2. The van der Waals surface area contributed by atoms with Crippen molar-refractivity contribution < 1.29 is 19.1 Å². The first-order valence-electron chi connectivity index (χ1n) is 11.2. The summed E-state index contributed by atoms with van der Waals surface area (Å²) in [6.45, 7) is 0. The topological polar surface area (TPSA) is 100 Å². The largest absolute Gasteiger partial charge is 0.480 e. The maximum absolute atomic E-state index is 12.6. The normalized spacial score (nSPS) is 10.3. The number of hydrogen-bond acceptors (Lipinski definition) is 5. The third-order valence-corrected chi connectivity index (χ3v) is 5.75. The lowest BCUT2D eigenvalue weighted by atomic mass is 10.0. The van der Waals surface area contributed by atoms with Crippen molar-refractivity contribution in [2.75, 3.05) is 17.7 Å². The van der Waals surface area contributed by atoms with Crippen LogP contribution in [0.25, 0.3) is 0 Å². The fraction of sp³-hybridized carbons (Fsp3) is 0.0690. The predicted octanol–water partition coefficient (Wildman–Crippen LogP) is 6.81. The van der Waals surface area contributed by atoms with Gasteiger partial charge in [-0.25, -0.2) is 9.59 Å². The number of esters is 1. The molecule has 0 saturated heterocycles. The molecule has 184 valence electrons. The van der Waals surface area contributed by atoms with Gasteiger partial charge in [0.25, 0.3) is 0 Å². The summed E-state index contributed by atoms with van der Waals surface area (Å²) in [6.07, 6.45) is -0.480. The number of benzene rings is 4. The Morgan fingerprint density at radius 2 is 1.51 bits per heavy atom. The fourth-order valence-electron chi connectivity index (χ4n) is 3.66. The van der Waals surface area contributed by atoms with Crippen LogP contribution in [0, 0.1) is 11.3 Å². The van der Waals surface area contributed by atoms with Crippen molar-refractivity contribution in [1.82, 2.24) is 0 Å². The Hall–Kier alpha value is -4.80. The molecule has 8 heteroatoms. The predicted molar refractivity (Wildman–Crippen MR) is 142 cm³/mol. The number of amides is 2. The van der Waals surface area contributed by atoms with Crippen LogP contribution in [-0.4, -0.2) is 19.1 Å². The lowest BCUT2D eigenvalue weighted by Crippen LogP contribution is -2.20. The number of carbonyl (C=O) groups is 2. The van der Waals surface area contributed by atoms with Crippen molar-refractivity contribution in [2.45, 2.75) is 6.10 Å². The number of anilines is 2. The molecule has 7 nitrogen and oxygen atoms in total. The highest BCUT2D eigenvalue weighted by Gasteiger charge is 2.21. The van der Waals surface area contributed by atoms with Gasteiger partial charge in [0, 0.05) is 5.69 Å². The third-order valence-electron chi connectivity index (χ3n) is 5.44. The maximum atomic E-state index is 12.6. The van der Waals surface area contributed by atoms with Gasteiger partial charge in [0.05, 0.1) is 29.5 Å². The van der Waals surface area contributed by atoms with Gasteiger partial charge in [-0.2, -0.15) is 5.26 Å². The van der Waals surface area contributed by atoms with Crippen molar-refractivity contribution in [3.05, 3.63) is 124 Å². The zero-order chi connectivity index (χ0) is 26.2. The Morgan fingerprint density at radius 3 is 2.08 bits per heavy atom. The summed E-state index contributed by atoms with van der Waals surface area (Å²) >= 11 is 6.14. The van der Waals surface area contributed by atoms with Gasteiger partial charge in [-0.3, -0.25) is 0 Å². The van der Waals surface area contributed by atoms with E-state index in [4.69, 9.17) is 26.3 Å². The molecule has 2 N–H and O–H groups in total. The number of urea groups is 1. The second-order valence-electron chi connectivity index (χ2n) is 7.91. The van der Waals surface area contributed by atoms with E-state index in [2.05, 4.69) is 10.6 Å². The molecule has 4 aromatic rings. The number of nitrogens with zero attached hydrogens (tertiary/aromatic N) is 1. The lowest BCUT2D eigenvalue weighted by molar-refractivity contribution is 0.0594. The Labute approximate surface area is 219 Å². The van der Waals surface area contributed by atoms with Gasteiger partial charge < -0.3 is 20.1 Å². The minimum absolute atomic E-state index is 0.147. The van der Waals surface area contributed by atoms with Crippen LogP contribution in [0.4, 0.5) is 16.2 Å². The van der Waals surface area contributed by atoms with Crippen molar-refractivity contribution >= 4 is 35.0 Å². The van der Waals surface area contributed by atoms with E-state index in [0.29, 0.717) is 22.7 Å². The molecule has 0 radical (unpaired) electrons. The molecule has 0 atom stereocenters. The lowest BCUT2D eigenvalue weighted by Gasteiger charge is -2.22. The molecule has 37 heavy (non-hydrogen) atoms. The highest BCUT2D eigenvalue weighted by molar-refractivity contribution is 6.34. The summed E-state index contributed by atoms with van der Waals surface area (Å²) in [4.78, 5) is 25.2. The Balaban J connectivity index is 1.59. The maximum Gasteiger partial charge on any atom is 0.341 e. The van der Waals surface area contributed by atoms with E-state index < -0.39 is 18.1 Å². The number of ether oxygens (including phenoxy) is 2. The number of carbonyl (C=O) groups excluding carboxylic acids is 2. The summed E-state index contributed by atoms with van der Waals surface area (Å²) in [7, 11) is 1.28. The smallest absolute Gasteiger partial charge is 0.341 e. The minimum atomic E-state index is -0.617. The van der Waals surface area contributed by atoms with Crippen molar-refractivity contribution in [3.8, 4) is 11.8 Å². The first kappa shape index (κ1) is 25.3. The van der Waals surface area contributed by atoms with Crippen LogP contribution in [0.2, 0.25) is 5.02 Å². The van der Waals surface area contributed by atoms with Gasteiger partial charge in [0.15, 0.2) is 0 Å². The van der Waals surface area contributed by atoms with Crippen LogP contribution in [-0.2, 0) is 4.74 Å². The number of methoxy groups -OCH3 is 1. The van der Waals surface area contributed by atoms with E-state index in [1.165, 1.54) is 25.3 Å². The van der Waals surface area contributed by atoms with Crippen LogP contribution in [0.1, 0.15) is 33.2 Å². The van der Waals surface area contributed by atoms with Gasteiger partial charge in [0.1, 0.15) is 17.4 Å². The SMILES string of the molecule is COC(=O)c1cc(NC(=O)Nc2ccc(C#N)cc2Cl)ccc1OC(c1ccccc1)c1ccccc1. The van der Waals surface area contributed by atoms with E-state index in [1.54, 1.807) is 18.2 Å². The average molecular weight is 512 g/mol. The summed E-state index contributed by atoms with van der Waals surface area (Å²) in [5, 5.41) is 14.5. The highest BCUT2D eigenvalue weighted by atomic mass is 35.5. The molecule has 0 fully saturated rings. The first-order chi connectivity index (χ1) is 18.0. The van der Waals surface area contributed by atoms with Crippen molar-refractivity contribution in [1.29, 1.82) is 5.26 Å². The van der Waals surface area contributed by atoms with E-state index in [-0.39, 0.29) is 10.6 Å². The molecule has 2 amide bonds. The molecule has 4 aromatic carbocycles. The Bertz CT molecular complexity index is 1410. The van der Waals surface area contributed by atoms with E-state index in [1.807, 2.05) is 66.7 Å². The molecule has 0 saturated carbocycles. The summed E-state index contributed by atoms with van der Waals surface area (Å²) in [6, 6.07) is 29.9. The van der Waals surface area contributed by atoms with E-state index in [9.17, 15) is 9.59 Å². The van der Waals surface area contributed by atoms with Crippen LogP contribution >= 0.6 is 11.6 Å². The van der Waals surface area contributed by atoms with Crippen LogP contribution in [0.5, 0.6) is 5.75 Å². The molecule has 0 heterocycles. The summed E-state index contributed by atoms with van der Waals surface area (Å²) < 4.78 is 11.3. The quantitative estimate of drug-likeness (QED) is 0.265. The molecule has 0 bridgehead atoms. The Morgan fingerprint density at radius 1 is 0.865 bits per heavy atom. The van der Waals surface area contributed by atoms with Gasteiger partial charge in [-0.15, -0.1) is 0 Å². The van der Waals surface area contributed by atoms with Gasteiger partial charge in [-0.1, -0.05) is 72.3 Å². The minimum Gasteiger partial charge on any atom is -0.480 e. The molecule has 0 spiro atoms. The second-order valence-corrected chi connectivity index (χ2v) is 8.31. The standard InChI is InChI=1S/C29H22ClN3O4/c1-36-28(34)23-17-22(32-29(35)33-25-14-12-19(18-31)16-24(25)30)13-15-26(23)37-27(20-8-4-2-5-9-20)21-10-6-3-7-11-21/h2-17,27H,1H3,(H2,32,33,35). The average Bonchev–Trinajstić information content (AvgIpc) is 2.93. The molecule has 0 unspecified atom stereocenters. The van der Waals surface area contributed by atoms with Crippen molar-refractivity contribution in [3.63, 3.8) is 0 Å². The number of halogens is 1. The summed E-state index contributed by atoms with van der Waals surface area (Å²) in [5.74, 6) is -0.320. The van der Waals surface area contributed by atoms with Crippen LogP contribution in [0.15, 0.2) is 97.1 Å². The number of rotatable bonds is 7. The van der Waals surface area contributed by atoms with E-state index in [0.717, 1.165) is 11.1 Å². The Kier molecular flexibility index (Phi) is 8.04. The summed E-state index contributed by atoms with van der Waals surface area (Å²) in [5.41, 5.74) is 3.01. The van der Waals surface area contributed by atoms with Crippen LogP contribution in [0.3, 0.4) is 0 Å². The van der Waals surface area contributed by atoms with Gasteiger partial charge in [0.2, 0.25) is 0 Å². The fourth-order valence-corrected chi connectivity index (χ4v) is 3.89. The number of hydrogen-bond donors (Lipinski definition) is 2. The third kappa shape index (κ3) is 6.26. The van der Waals surface area contributed by atoms with Crippen LogP contribution < -0.4 is 15.4 Å². The second kappa shape index (κ2) is 11.8. The first-order valence-corrected chi connectivity index (χ1v) is 11.6. The van der Waals surface area contributed by atoms with Crippen molar-refractivity contribution in [2.24, 2.45) is 0 Å². The zero-order valence-electron chi connectivity index (χ0n) is 19.8. The van der Waals surface area contributed by atoms with Gasteiger partial charge in [-0.05, 0) is 47.5 Å². The zero-order valence-corrected chi connectivity index (χ0v) is 20.5. The molecular formula is C29H22ClN3O4. The molecule has 4 rings (SSSR count).